The molecule has 2 aromatic carbocycles. The van der Waals surface area contributed by atoms with Crippen LogP contribution in [-0.2, 0) is 9.53 Å². The lowest BCUT2D eigenvalue weighted by Gasteiger charge is -2.09. The molecule has 2 heterocycles. The third-order valence-electron chi connectivity index (χ3n) is 4.47. The van der Waals surface area contributed by atoms with Gasteiger partial charge < -0.3 is 10.1 Å². The van der Waals surface area contributed by atoms with Gasteiger partial charge in [-0.1, -0.05) is 48.5 Å². The largest absolute Gasteiger partial charge is 0.451 e. The smallest absolute Gasteiger partial charge is 0.350 e. The first-order valence-corrected chi connectivity index (χ1v) is 10.4. The molecule has 31 heavy (non-hydrogen) atoms. The van der Waals surface area contributed by atoms with Crippen LogP contribution in [0.2, 0.25) is 0 Å². The number of anilines is 1. The Morgan fingerprint density at radius 2 is 1.71 bits per heavy atom. The highest BCUT2D eigenvalue weighted by atomic mass is 32.1. The SMILES string of the molecule is Cc1nc(C)c(C(=O)OCC(=O)Nc2cc(-c3ccccc3)nn2-c2ccccc2)s1. The highest BCUT2D eigenvalue weighted by Crippen LogP contribution is 2.25. The Labute approximate surface area is 183 Å². The lowest BCUT2D eigenvalue weighted by atomic mass is 10.2. The maximum absolute atomic E-state index is 12.5. The summed E-state index contributed by atoms with van der Waals surface area (Å²) in [5.41, 5.74) is 3.04. The number of aromatic nitrogens is 3. The summed E-state index contributed by atoms with van der Waals surface area (Å²) in [6, 6.07) is 21.0. The number of ether oxygens (including phenoxy) is 1. The molecule has 8 heteroatoms. The Balaban J connectivity index is 1.53. The highest BCUT2D eigenvalue weighted by molar-refractivity contribution is 7.13. The molecular weight excluding hydrogens is 412 g/mol. The van der Waals surface area contributed by atoms with Gasteiger partial charge in [-0.3, -0.25) is 4.79 Å². The van der Waals surface area contributed by atoms with Gasteiger partial charge in [0.2, 0.25) is 0 Å². The van der Waals surface area contributed by atoms with E-state index < -0.39 is 18.5 Å². The van der Waals surface area contributed by atoms with E-state index in [1.165, 1.54) is 11.3 Å². The Morgan fingerprint density at radius 3 is 2.35 bits per heavy atom. The molecule has 0 spiro atoms. The van der Waals surface area contributed by atoms with Crippen molar-refractivity contribution in [1.29, 1.82) is 0 Å². The first-order chi connectivity index (χ1) is 15.0. The zero-order chi connectivity index (χ0) is 21.8. The van der Waals surface area contributed by atoms with Crippen LogP contribution in [0.25, 0.3) is 16.9 Å². The Hall–Kier alpha value is -3.78. The number of nitrogens with zero attached hydrogens (tertiary/aromatic N) is 3. The molecule has 1 amide bonds. The minimum Gasteiger partial charge on any atom is -0.451 e. The standard InChI is InChI=1S/C23H20N4O3S/c1-15-22(31-16(2)24-15)23(29)30-14-21(28)25-20-13-19(17-9-5-3-6-10-17)26-27(20)18-11-7-4-8-12-18/h3-13H,14H2,1-2H3,(H,25,28). The van der Waals surface area contributed by atoms with E-state index in [4.69, 9.17) is 4.74 Å². The van der Waals surface area contributed by atoms with Gasteiger partial charge in [0, 0.05) is 11.6 Å². The molecule has 0 aliphatic rings. The fourth-order valence-electron chi connectivity index (χ4n) is 3.08. The van der Waals surface area contributed by atoms with E-state index >= 15 is 0 Å². The molecule has 0 unspecified atom stereocenters. The topological polar surface area (TPSA) is 86.1 Å². The summed E-state index contributed by atoms with van der Waals surface area (Å²) in [7, 11) is 0. The van der Waals surface area contributed by atoms with E-state index in [1.807, 2.05) is 67.6 Å². The van der Waals surface area contributed by atoms with Crippen LogP contribution < -0.4 is 5.32 Å². The fourth-order valence-corrected chi connectivity index (χ4v) is 3.90. The van der Waals surface area contributed by atoms with Crippen LogP contribution in [0.1, 0.15) is 20.4 Å². The number of carbonyl (C=O) groups is 2. The third-order valence-corrected chi connectivity index (χ3v) is 5.52. The van der Waals surface area contributed by atoms with E-state index in [1.54, 1.807) is 17.7 Å². The van der Waals surface area contributed by atoms with Gasteiger partial charge in [-0.2, -0.15) is 5.10 Å². The highest BCUT2D eigenvalue weighted by Gasteiger charge is 2.18. The monoisotopic (exact) mass is 432 g/mol. The third kappa shape index (κ3) is 4.70. The molecule has 0 saturated heterocycles. The summed E-state index contributed by atoms with van der Waals surface area (Å²) in [6.07, 6.45) is 0. The van der Waals surface area contributed by atoms with Crippen LogP contribution in [0.3, 0.4) is 0 Å². The van der Waals surface area contributed by atoms with Gasteiger partial charge >= 0.3 is 5.97 Å². The predicted molar refractivity (Wildman–Crippen MR) is 120 cm³/mol. The molecule has 0 radical (unpaired) electrons. The zero-order valence-electron chi connectivity index (χ0n) is 17.0. The summed E-state index contributed by atoms with van der Waals surface area (Å²) >= 11 is 1.25. The second-order valence-corrected chi connectivity index (χ2v) is 8.00. The van der Waals surface area contributed by atoms with Crippen molar-refractivity contribution in [3.8, 4) is 16.9 Å². The molecular formula is C23H20N4O3S. The van der Waals surface area contributed by atoms with E-state index in [0.717, 1.165) is 16.3 Å². The molecule has 1 N–H and O–H groups in total. The summed E-state index contributed by atoms with van der Waals surface area (Å²) < 4.78 is 6.83. The lowest BCUT2D eigenvalue weighted by Crippen LogP contribution is -2.22. The van der Waals surface area contributed by atoms with Crippen LogP contribution in [0, 0.1) is 13.8 Å². The van der Waals surface area contributed by atoms with Crippen molar-refractivity contribution >= 4 is 29.0 Å². The van der Waals surface area contributed by atoms with Crippen molar-refractivity contribution in [3.63, 3.8) is 0 Å². The molecule has 0 bridgehead atoms. The number of para-hydroxylation sites is 1. The maximum Gasteiger partial charge on any atom is 0.350 e. The molecule has 4 aromatic rings. The lowest BCUT2D eigenvalue weighted by molar-refractivity contribution is -0.119. The fraction of sp³-hybridized carbons (Fsp3) is 0.130. The molecule has 0 aliphatic heterocycles. The number of amides is 1. The van der Waals surface area contributed by atoms with E-state index in [9.17, 15) is 9.59 Å². The summed E-state index contributed by atoms with van der Waals surface area (Å²) in [5.74, 6) is -0.528. The number of hydrogen-bond donors (Lipinski definition) is 1. The summed E-state index contributed by atoms with van der Waals surface area (Å²) in [4.78, 5) is 29.4. The minimum absolute atomic E-state index is 0.407. The van der Waals surface area contributed by atoms with Crippen molar-refractivity contribution in [2.45, 2.75) is 13.8 Å². The number of rotatable bonds is 6. The van der Waals surface area contributed by atoms with Gasteiger partial charge in [-0.25, -0.2) is 14.5 Å². The quantitative estimate of drug-likeness (QED) is 0.456. The van der Waals surface area contributed by atoms with Gasteiger partial charge in [-0.15, -0.1) is 11.3 Å². The summed E-state index contributed by atoms with van der Waals surface area (Å²) in [5, 5.41) is 8.22. The number of hydrogen-bond acceptors (Lipinski definition) is 6. The van der Waals surface area contributed by atoms with Crippen LogP contribution in [0.4, 0.5) is 5.82 Å². The number of benzene rings is 2. The van der Waals surface area contributed by atoms with Crippen LogP contribution in [0.5, 0.6) is 0 Å². The van der Waals surface area contributed by atoms with E-state index in [2.05, 4.69) is 15.4 Å². The number of carbonyl (C=O) groups excluding carboxylic acids is 2. The minimum atomic E-state index is -0.556. The number of nitrogens with one attached hydrogen (secondary N) is 1. The Morgan fingerprint density at radius 1 is 1.03 bits per heavy atom. The van der Waals surface area contributed by atoms with Crippen molar-refractivity contribution in [3.05, 3.63) is 82.3 Å². The number of esters is 1. The van der Waals surface area contributed by atoms with Crippen LogP contribution >= 0.6 is 11.3 Å². The molecule has 2 aromatic heterocycles. The number of aryl methyl sites for hydroxylation is 2. The molecule has 0 saturated carbocycles. The van der Waals surface area contributed by atoms with Crippen molar-refractivity contribution in [1.82, 2.24) is 14.8 Å². The first kappa shape index (κ1) is 20.5. The summed E-state index contributed by atoms with van der Waals surface area (Å²) in [6.45, 7) is 3.15. The van der Waals surface area contributed by atoms with E-state index in [-0.39, 0.29) is 0 Å². The van der Waals surface area contributed by atoms with Gasteiger partial charge in [0.25, 0.3) is 5.91 Å². The maximum atomic E-state index is 12.5. The number of thiazole rings is 1. The Bertz CT molecular complexity index is 1220. The molecule has 0 atom stereocenters. The van der Waals surface area contributed by atoms with Crippen molar-refractivity contribution < 1.29 is 14.3 Å². The zero-order valence-corrected chi connectivity index (χ0v) is 17.8. The van der Waals surface area contributed by atoms with Crippen molar-refractivity contribution in [2.75, 3.05) is 11.9 Å². The van der Waals surface area contributed by atoms with Crippen LogP contribution in [-0.4, -0.2) is 33.2 Å². The molecule has 0 fully saturated rings. The first-order valence-electron chi connectivity index (χ1n) is 9.63. The molecule has 7 nitrogen and oxygen atoms in total. The second kappa shape index (κ2) is 8.93. The van der Waals surface area contributed by atoms with Gasteiger partial charge in [-0.05, 0) is 26.0 Å². The average molecular weight is 433 g/mol. The van der Waals surface area contributed by atoms with Gasteiger partial charge in [0.1, 0.15) is 10.7 Å². The molecule has 0 aliphatic carbocycles. The average Bonchev–Trinajstić information content (AvgIpc) is 3.36. The van der Waals surface area contributed by atoms with E-state index in [0.29, 0.717) is 22.1 Å². The van der Waals surface area contributed by atoms with Gasteiger partial charge in [0.15, 0.2) is 6.61 Å². The normalized spacial score (nSPS) is 10.6. The van der Waals surface area contributed by atoms with Gasteiger partial charge in [0.05, 0.1) is 22.1 Å². The van der Waals surface area contributed by atoms with Crippen LogP contribution in [0.15, 0.2) is 66.7 Å². The predicted octanol–water partition coefficient (Wildman–Crippen LogP) is 4.41. The molecule has 4 rings (SSSR count). The Kier molecular flexibility index (Phi) is 5.90. The van der Waals surface area contributed by atoms with Crippen molar-refractivity contribution in [2.24, 2.45) is 0 Å². The second-order valence-electron chi connectivity index (χ2n) is 6.80. The molecule has 156 valence electrons.